The highest BCUT2D eigenvalue weighted by atomic mass is 16.1. The molecule has 0 spiro atoms. The first kappa shape index (κ1) is 12.5. The van der Waals surface area contributed by atoms with Crippen LogP contribution in [0.4, 0.5) is 0 Å². The van der Waals surface area contributed by atoms with Crippen LogP contribution in [0.1, 0.15) is 46.5 Å². The summed E-state index contributed by atoms with van der Waals surface area (Å²) in [7, 11) is 0. The minimum absolute atomic E-state index is 0.193. The Morgan fingerprint density at radius 1 is 1.47 bits per heavy atom. The van der Waals surface area contributed by atoms with Crippen molar-refractivity contribution in [3.05, 3.63) is 0 Å². The maximum absolute atomic E-state index is 11.5. The van der Waals surface area contributed by atoms with E-state index in [0.717, 1.165) is 25.9 Å². The molecule has 0 heterocycles. The maximum Gasteiger partial charge on any atom is 0.221 e. The summed E-state index contributed by atoms with van der Waals surface area (Å²) in [5.74, 6) is 0.193. The SMILES string of the molecule is CCNCCC(=O)NC1CCC(C)(C)C1. The summed E-state index contributed by atoms with van der Waals surface area (Å²) in [4.78, 5) is 11.5. The van der Waals surface area contributed by atoms with E-state index in [2.05, 4.69) is 31.4 Å². The number of hydrogen-bond acceptors (Lipinski definition) is 2. The molecule has 88 valence electrons. The van der Waals surface area contributed by atoms with Gasteiger partial charge in [0, 0.05) is 19.0 Å². The second-order valence-corrected chi connectivity index (χ2v) is 5.28. The molecule has 0 aromatic heterocycles. The first-order valence-electron chi connectivity index (χ1n) is 6.03. The molecule has 3 nitrogen and oxygen atoms in total. The molecule has 0 radical (unpaired) electrons. The first-order chi connectivity index (χ1) is 7.03. The van der Waals surface area contributed by atoms with Gasteiger partial charge in [-0.2, -0.15) is 0 Å². The van der Waals surface area contributed by atoms with Crippen LogP contribution >= 0.6 is 0 Å². The summed E-state index contributed by atoms with van der Waals surface area (Å²) in [6, 6.07) is 0.411. The molecule has 1 aliphatic rings. The van der Waals surface area contributed by atoms with Gasteiger partial charge in [-0.3, -0.25) is 4.79 Å². The lowest BCUT2D eigenvalue weighted by Crippen LogP contribution is -2.35. The van der Waals surface area contributed by atoms with Gasteiger partial charge >= 0.3 is 0 Å². The molecule has 0 aromatic carbocycles. The quantitative estimate of drug-likeness (QED) is 0.681. The highest BCUT2D eigenvalue weighted by Gasteiger charge is 2.31. The Bertz CT molecular complexity index is 214. The van der Waals surface area contributed by atoms with Crippen LogP contribution in [0.25, 0.3) is 0 Å². The maximum atomic E-state index is 11.5. The normalized spacial score (nSPS) is 24.1. The topological polar surface area (TPSA) is 41.1 Å². The smallest absolute Gasteiger partial charge is 0.221 e. The fraction of sp³-hybridized carbons (Fsp3) is 0.917. The Morgan fingerprint density at radius 3 is 2.73 bits per heavy atom. The fourth-order valence-electron chi connectivity index (χ4n) is 2.24. The highest BCUT2D eigenvalue weighted by Crippen LogP contribution is 2.36. The zero-order chi connectivity index (χ0) is 11.3. The van der Waals surface area contributed by atoms with E-state index < -0.39 is 0 Å². The molecule has 1 atom stereocenters. The van der Waals surface area contributed by atoms with Gasteiger partial charge in [-0.25, -0.2) is 0 Å². The predicted molar refractivity (Wildman–Crippen MR) is 62.7 cm³/mol. The molecule has 1 fully saturated rings. The van der Waals surface area contributed by atoms with Crippen LogP contribution in [0.2, 0.25) is 0 Å². The summed E-state index contributed by atoms with van der Waals surface area (Å²) in [6.07, 6.45) is 4.09. The van der Waals surface area contributed by atoms with Crippen molar-refractivity contribution in [3.8, 4) is 0 Å². The third kappa shape index (κ3) is 4.65. The van der Waals surface area contributed by atoms with E-state index in [1.807, 2.05) is 0 Å². The Hall–Kier alpha value is -0.570. The Labute approximate surface area is 93.0 Å². The lowest BCUT2D eigenvalue weighted by molar-refractivity contribution is -0.121. The molecular weight excluding hydrogens is 188 g/mol. The van der Waals surface area contributed by atoms with Crippen molar-refractivity contribution < 1.29 is 4.79 Å². The Morgan fingerprint density at radius 2 is 2.20 bits per heavy atom. The second kappa shape index (κ2) is 5.50. The van der Waals surface area contributed by atoms with Crippen LogP contribution in [-0.4, -0.2) is 25.0 Å². The van der Waals surface area contributed by atoms with Crippen LogP contribution in [0, 0.1) is 5.41 Å². The molecule has 0 saturated heterocycles. The van der Waals surface area contributed by atoms with Crippen molar-refractivity contribution in [2.45, 2.75) is 52.5 Å². The summed E-state index contributed by atoms with van der Waals surface area (Å²) < 4.78 is 0. The minimum Gasteiger partial charge on any atom is -0.353 e. The second-order valence-electron chi connectivity index (χ2n) is 5.28. The summed E-state index contributed by atoms with van der Waals surface area (Å²) in [5.41, 5.74) is 0.416. The van der Waals surface area contributed by atoms with Crippen LogP contribution in [0.3, 0.4) is 0 Å². The number of carbonyl (C=O) groups excluding carboxylic acids is 1. The van der Waals surface area contributed by atoms with E-state index in [9.17, 15) is 4.79 Å². The molecule has 15 heavy (non-hydrogen) atoms. The lowest BCUT2D eigenvalue weighted by atomic mass is 9.92. The van der Waals surface area contributed by atoms with E-state index >= 15 is 0 Å². The van der Waals surface area contributed by atoms with Crippen molar-refractivity contribution in [1.29, 1.82) is 0 Å². The van der Waals surface area contributed by atoms with Gasteiger partial charge in [-0.1, -0.05) is 20.8 Å². The summed E-state index contributed by atoms with van der Waals surface area (Å²) in [5, 5.41) is 6.27. The number of rotatable bonds is 5. The van der Waals surface area contributed by atoms with E-state index in [1.165, 1.54) is 6.42 Å². The van der Waals surface area contributed by atoms with Gasteiger partial charge in [0.25, 0.3) is 0 Å². The first-order valence-corrected chi connectivity index (χ1v) is 6.03. The van der Waals surface area contributed by atoms with Gasteiger partial charge in [-0.05, 0) is 31.2 Å². The molecular formula is C12H24N2O. The number of amides is 1. The van der Waals surface area contributed by atoms with E-state index in [1.54, 1.807) is 0 Å². The molecule has 1 rings (SSSR count). The van der Waals surface area contributed by atoms with Crippen molar-refractivity contribution >= 4 is 5.91 Å². The molecule has 1 aliphatic carbocycles. The van der Waals surface area contributed by atoms with Gasteiger partial charge in [0.1, 0.15) is 0 Å². The average Bonchev–Trinajstić information content (AvgIpc) is 2.46. The zero-order valence-corrected chi connectivity index (χ0v) is 10.2. The van der Waals surface area contributed by atoms with Gasteiger partial charge in [0.2, 0.25) is 5.91 Å². The van der Waals surface area contributed by atoms with Gasteiger partial charge < -0.3 is 10.6 Å². The molecule has 1 amide bonds. The van der Waals surface area contributed by atoms with E-state index in [-0.39, 0.29) is 5.91 Å². The number of nitrogens with one attached hydrogen (secondary N) is 2. The Balaban J connectivity index is 2.16. The fourth-order valence-corrected chi connectivity index (χ4v) is 2.24. The molecule has 1 saturated carbocycles. The van der Waals surface area contributed by atoms with Gasteiger partial charge in [0.05, 0.1) is 0 Å². The molecule has 3 heteroatoms. The van der Waals surface area contributed by atoms with Crippen molar-refractivity contribution in [2.24, 2.45) is 5.41 Å². The summed E-state index contributed by atoms with van der Waals surface area (Å²) in [6.45, 7) is 8.33. The highest BCUT2D eigenvalue weighted by molar-refractivity contribution is 5.76. The van der Waals surface area contributed by atoms with Crippen LogP contribution < -0.4 is 10.6 Å². The van der Waals surface area contributed by atoms with Crippen LogP contribution in [0.15, 0.2) is 0 Å². The molecule has 2 N–H and O–H groups in total. The van der Waals surface area contributed by atoms with Crippen molar-refractivity contribution in [3.63, 3.8) is 0 Å². The molecule has 0 aliphatic heterocycles. The average molecular weight is 212 g/mol. The number of carbonyl (C=O) groups is 1. The van der Waals surface area contributed by atoms with E-state index in [4.69, 9.17) is 0 Å². The van der Waals surface area contributed by atoms with E-state index in [0.29, 0.717) is 17.9 Å². The van der Waals surface area contributed by atoms with Crippen LogP contribution in [0.5, 0.6) is 0 Å². The van der Waals surface area contributed by atoms with Crippen molar-refractivity contribution in [1.82, 2.24) is 10.6 Å². The minimum atomic E-state index is 0.193. The lowest BCUT2D eigenvalue weighted by Gasteiger charge is -2.17. The molecule has 1 unspecified atom stereocenters. The zero-order valence-electron chi connectivity index (χ0n) is 10.2. The molecule has 0 bridgehead atoms. The monoisotopic (exact) mass is 212 g/mol. The third-order valence-electron chi connectivity index (χ3n) is 3.11. The van der Waals surface area contributed by atoms with Gasteiger partial charge in [0.15, 0.2) is 0 Å². The van der Waals surface area contributed by atoms with Crippen molar-refractivity contribution in [2.75, 3.05) is 13.1 Å². The molecule has 0 aromatic rings. The largest absolute Gasteiger partial charge is 0.353 e. The number of hydrogen-bond donors (Lipinski definition) is 2. The third-order valence-corrected chi connectivity index (χ3v) is 3.11. The standard InChI is InChI=1S/C12H24N2O/c1-4-13-8-6-11(15)14-10-5-7-12(2,3)9-10/h10,13H,4-9H2,1-3H3,(H,14,15). The Kier molecular flexibility index (Phi) is 4.58. The predicted octanol–water partition coefficient (Wildman–Crippen LogP) is 1.68. The summed E-state index contributed by atoms with van der Waals surface area (Å²) >= 11 is 0. The van der Waals surface area contributed by atoms with Gasteiger partial charge in [-0.15, -0.1) is 0 Å². The van der Waals surface area contributed by atoms with Crippen LogP contribution in [-0.2, 0) is 4.79 Å².